The number of nitrogens with zero attached hydrogens (tertiary/aromatic N) is 2. The van der Waals surface area contributed by atoms with Crippen LogP contribution in [0, 0.1) is 11.3 Å². The zero-order valence-corrected chi connectivity index (χ0v) is 22.8. The first-order valence-electron chi connectivity index (χ1n) is 13.4. The van der Waals surface area contributed by atoms with Gasteiger partial charge in [-0.3, -0.25) is 9.89 Å². The van der Waals surface area contributed by atoms with E-state index in [2.05, 4.69) is 28.4 Å². The molecule has 1 atom stereocenters. The third-order valence-corrected chi connectivity index (χ3v) is 7.21. The number of fused-ring (bicyclic) bond motifs is 2. The van der Waals surface area contributed by atoms with Gasteiger partial charge >= 0.3 is 0 Å². The van der Waals surface area contributed by atoms with Crippen LogP contribution in [0.2, 0.25) is 0 Å². The average molecular weight is 558 g/mol. The summed E-state index contributed by atoms with van der Waals surface area (Å²) in [4.78, 5) is 11.4. The molecule has 0 bridgehead atoms. The van der Waals surface area contributed by atoms with Crippen LogP contribution in [0.1, 0.15) is 39.9 Å². The lowest BCUT2D eigenvalue weighted by Gasteiger charge is -2.25. The number of benzene rings is 4. The van der Waals surface area contributed by atoms with Crippen LogP contribution in [-0.4, -0.2) is 22.7 Å². The number of allylic oxidation sites excluding steroid dienone is 1. The van der Waals surface area contributed by atoms with Gasteiger partial charge in [-0.25, -0.2) is 0 Å². The molecule has 2 heterocycles. The molecule has 42 heavy (non-hydrogen) atoms. The Balaban J connectivity index is 1.38. The van der Waals surface area contributed by atoms with Crippen LogP contribution in [-0.2, 0) is 6.61 Å². The average Bonchev–Trinajstić information content (AvgIpc) is 3.43. The molecule has 9 heteroatoms. The predicted octanol–water partition coefficient (Wildman–Crippen LogP) is 5.52. The van der Waals surface area contributed by atoms with E-state index in [-0.39, 0.29) is 18.1 Å². The lowest BCUT2D eigenvalue weighted by Crippen LogP contribution is -2.21. The second kappa shape index (κ2) is 11.0. The molecule has 0 unspecified atom stereocenters. The number of ether oxygens (including phenoxy) is 3. The molecule has 5 aromatic rings. The minimum Gasteiger partial charge on any atom is -0.490 e. The molecule has 6 rings (SSSR count). The van der Waals surface area contributed by atoms with Crippen molar-refractivity contribution in [2.75, 3.05) is 6.61 Å². The molecule has 0 radical (unpaired) electrons. The normalized spacial score (nSPS) is 14.1. The van der Waals surface area contributed by atoms with Crippen molar-refractivity contribution < 1.29 is 19.0 Å². The fourth-order valence-electron chi connectivity index (χ4n) is 5.16. The molecule has 1 amide bonds. The SMILES string of the molecule is CCOc1cc([C@H]2C(C#N)=C(N)Oc3n[nH]c(-c4ccc5ccccc5c4)c32)ccc1OCc1ccc(C(N)=O)cc1. The van der Waals surface area contributed by atoms with Crippen molar-refractivity contribution in [1.82, 2.24) is 10.2 Å². The minimum atomic E-state index is -0.562. The number of rotatable bonds is 8. The predicted molar refractivity (Wildman–Crippen MR) is 158 cm³/mol. The number of carbonyl (C=O) groups is 1. The molecule has 9 nitrogen and oxygen atoms in total. The van der Waals surface area contributed by atoms with Gasteiger partial charge in [0.2, 0.25) is 17.7 Å². The second-order valence-corrected chi connectivity index (χ2v) is 9.79. The molecule has 1 aliphatic rings. The van der Waals surface area contributed by atoms with Crippen molar-refractivity contribution >= 4 is 16.7 Å². The highest BCUT2D eigenvalue weighted by Gasteiger charge is 2.36. The van der Waals surface area contributed by atoms with Crippen molar-refractivity contribution in [3.05, 3.63) is 119 Å². The first kappa shape index (κ1) is 26.5. The first-order chi connectivity index (χ1) is 20.5. The Morgan fingerprint density at radius 2 is 1.79 bits per heavy atom. The van der Waals surface area contributed by atoms with Gasteiger partial charge in [-0.05, 0) is 59.2 Å². The van der Waals surface area contributed by atoms with E-state index in [1.165, 1.54) is 0 Å². The molecule has 208 valence electrons. The molecule has 5 N–H and O–H groups in total. The first-order valence-corrected chi connectivity index (χ1v) is 13.4. The highest BCUT2D eigenvalue weighted by atomic mass is 16.5. The number of H-pyrrole nitrogens is 1. The van der Waals surface area contributed by atoms with Crippen LogP contribution < -0.4 is 25.7 Å². The molecule has 0 spiro atoms. The number of nitrogens with one attached hydrogen (secondary N) is 1. The Morgan fingerprint density at radius 3 is 2.52 bits per heavy atom. The van der Waals surface area contributed by atoms with Gasteiger partial charge in [-0.15, -0.1) is 5.10 Å². The molecular formula is C33H27N5O4. The van der Waals surface area contributed by atoms with Crippen LogP contribution in [0.15, 0.2) is 96.4 Å². The fraction of sp³-hybridized carbons (Fsp3) is 0.121. The fourth-order valence-corrected chi connectivity index (χ4v) is 5.16. The second-order valence-electron chi connectivity index (χ2n) is 9.79. The Kier molecular flexibility index (Phi) is 6.95. The van der Waals surface area contributed by atoms with E-state index in [0.29, 0.717) is 35.1 Å². The van der Waals surface area contributed by atoms with E-state index >= 15 is 0 Å². The standard InChI is InChI=1S/C33H27N5O4/c1-2-40-27-16-23(13-14-26(27)41-18-19-7-9-21(10-8-19)31(35)39)28-25(17-34)32(36)42-33-29(28)30(37-38-33)24-12-11-20-5-3-4-6-22(20)15-24/h3-16,28H,2,18,36H2,1H3,(H2,35,39)(H,37,38)/t28-/m0/s1. The Bertz CT molecular complexity index is 1890. The molecule has 0 saturated carbocycles. The number of hydrogen-bond donors (Lipinski definition) is 3. The molecular weight excluding hydrogens is 530 g/mol. The summed E-state index contributed by atoms with van der Waals surface area (Å²) in [5.41, 5.74) is 16.2. The zero-order chi connectivity index (χ0) is 29.2. The minimum absolute atomic E-state index is 0.00394. The maximum absolute atomic E-state index is 11.4. The van der Waals surface area contributed by atoms with E-state index in [9.17, 15) is 10.1 Å². The van der Waals surface area contributed by atoms with Crippen molar-refractivity contribution in [3.8, 4) is 34.7 Å². The smallest absolute Gasteiger partial charge is 0.248 e. The quantitative estimate of drug-likeness (QED) is 0.227. The summed E-state index contributed by atoms with van der Waals surface area (Å²) in [5, 5.41) is 19.9. The van der Waals surface area contributed by atoms with Crippen LogP contribution in [0.3, 0.4) is 0 Å². The summed E-state index contributed by atoms with van der Waals surface area (Å²) in [7, 11) is 0. The molecule has 0 aliphatic carbocycles. The van der Waals surface area contributed by atoms with Crippen molar-refractivity contribution in [2.24, 2.45) is 11.5 Å². The number of amides is 1. The number of primary amides is 1. The maximum atomic E-state index is 11.4. The largest absolute Gasteiger partial charge is 0.490 e. The molecule has 1 aliphatic heterocycles. The van der Waals surface area contributed by atoms with E-state index in [4.69, 9.17) is 25.7 Å². The lowest BCUT2D eigenvalue weighted by molar-refractivity contribution is 0.1000. The summed E-state index contributed by atoms with van der Waals surface area (Å²) in [6, 6.07) is 28.9. The zero-order valence-electron chi connectivity index (χ0n) is 22.8. The highest BCUT2D eigenvalue weighted by Crippen LogP contribution is 2.47. The summed E-state index contributed by atoms with van der Waals surface area (Å²) in [5.74, 6) is 0.323. The van der Waals surface area contributed by atoms with Crippen LogP contribution in [0.5, 0.6) is 17.4 Å². The molecule has 0 saturated heterocycles. The van der Waals surface area contributed by atoms with Gasteiger partial charge in [-0.1, -0.05) is 54.6 Å². The lowest BCUT2D eigenvalue weighted by atomic mass is 9.82. The van der Waals surface area contributed by atoms with Crippen molar-refractivity contribution in [1.29, 1.82) is 5.26 Å². The Hall–Kier alpha value is -5.75. The van der Waals surface area contributed by atoms with E-state index < -0.39 is 11.8 Å². The van der Waals surface area contributed by atoms with Crippen LogP contribution in [0.4, 0.5) is 0 Å². The summed E-state index contributed by atoms with van der Waals surface area (Å²) < 4.78 is 17.9. The highest BCUT2D eigenvalue weighted by molar-refractivity contribution is 5.92. The summed E-state index contributed by atoms with van der Waals surface area (Å²) in [6.07, 6.45) is 0. The molecule has 4 aromatic carbocycles. The van der Waals surface area contributed by atoms with Gasteiger partial charge in [0.1, 0.15) is 18.2 Å². The third-order valence-electron chi connectivity index (χ3n) is 7.21. The Labute approximate surface area is 241 Å². The van der Waals surface area contributed by atoms with Crippen molar-refractivity contribution in [3.63, 3.8) is 0 Å². The number of aromatic amines is 1. The maximum Gasteiger partial charge on any atom is 0.248 e. The number of carbonyl (C=O) groups excluding carboxylic acids is 1. The number of aromatic nitrogens is 2. The van der Waals surface area contributed by atoms with Gasteiger partial charge in [-0.2, -0.15) is 5.26 Å². The van der Waals surface area contributed by atoms with Gasteiger partial charge in [0.05, 0.1) is 23.8 Å². The topological polar surface area (TPSA) is 149 Å². The number of nitrogens with two attached hydrogens (primary N) is 2. The molecule has 1 aromatic heterocycles. The van der Waals surface area contributed by atoms with Gasteiger partial charge in [0, 0.05) is 11.1 Å². The van der Waals surface area contributed by atoms with Crippen LogP contribution in [0.25, 0.3) is 22.0 Å². The third kappa shape index (κ3) is 4.86. The van der Waals surface area contributed by atoms with Gasteiger partial charge < -0.3 is 25.7 Å². The summed E-state index contributed by atoms with van der Waals surface area (Å²) >= 11 is 0. The van der Waals surface area contributed by atoms with Crippen LogP contribution >= 0.6 is 0 Å². The monoisotopic (exact) mass is 557 g/mol. The van der Waals surface area contributed by atoms with E-state index in [1.54, 1.807) is 24.3 Å². The number of nitriles is 1. The van der Waals surface area contributed by atoms with E-state index in [0.717, 1.165) is 33.2 Å². The van der Waals surface area contributed by atoms with Gasteiger partial charge in [0.25, 0.3) is 0 Å². The molecule has 0 fully saturated rings. The number of hydrogen-bond acceptors (Lipinski definition) is 7. The van der Waals surface area contributed by atoms with Crippen molar-refractivity contribution in [2.45, 2.75) is 19.4 Å². The van der Waals surface area contributed by atoms with Gasteiger partial charge in [0.15, 0.2) is 11.5 Å². The summed E-state index contributed by atoms with van der Waals surface area (Å²) in [6.45, 7) is 2.55. The Morgan fingerprint density at radius 1 is 1.00 bits per heavy atom. The van der Waals surface area contributed by atoms with E-state index in [1.807, 2.05) is 55.5 Å².